The van der Waals surface area contributed by atoms with Crippen molar-refractivity contribution in [1.29, 1.82) is 0 Å². The van der Waals surface area contributed by atoms with Crippen LogP contribution in [0.15, 0.2) is 18.2 Å². The molecule has 0 aromatic heterocycles. The smallest absolute Gasteiger partial charge is 0.122 e. The summed E-state index contributed by atoms with van der Waals surface area (Å²) in [6.45, 7) is 6.34. The second-order valence-corrected chi connectivity index (χ2v) is 5.51. The number of hydrogen-bond donors (Lipinski definition) is 1. The lowest BCUT2D eigenvalue weighted by Crippen LogP contribution is -2.45. The molecule has 1 fully saturated rings. The standard InChI is InChI=1S/C14H21NO/c1-10-5-6-12(16-4)11(9-10)14(7-8-14)13(2,3)15/h5-6,9H,7-8,15H2,1-4H3. The third kappa shape index (κ3) is 1.61. The fraction of sp³-hybridized carbons (Fsp3) is 0.571. The van der Waals surface area contributed by atoms with Gasteiger partial charge in [0.2, 0.25) is 0 Å². The molecule has 1 aliphatic rings. The number of aryl methyl sites for hydroxylation is 1. The fourth-order valence-electron chi connectivity index (χ4n) is 2.58. The Bertz CT molecular complexity index is 400. The largest absolute Gasteiger partial charge is 0.496 e. The van der Waals surface area contributed by atoms with Gasteiger partial charge in [-0.3, -0.25) is 0 Å². The summed E-state index contributed by atoms with van der Waals surface area (Å²) in [5.74, 6) is 0.974. The maximum Gasteiger partial charge on any atom is 0.122 e. The van der Waals surface area contributed by atoms with Crippen molar-refractivity contribution in [2.24, 2.45) is 5.73 Å². The summed E-state index contributed by atoms with van der Waals surface area (Å²) >= 11 is 0. The van der Waals surface area contributed by atoms with Gasteiger partial charge in [-0.1, -0.05) is 17.7 Å². The number of hydrogen-bond acceptors (Lipinski definition) is 2. The van der Waals surface area contributed by atoms with E-state index in [4.69, 9.17) is 10.5 Å². The van der Waals surface area contributed by atoms with Gasteiger partial charge in [-0.15, -0.1) is 0 Å². The van der Waals surface area contributed by atoms with Crippen molar-refractivity contribution >= 4 is 0 Å². The highest BCUT2D eigenvalue weighted by Crippen LogP contribution is 2.57. The third-order valence-electron chi connectivity index (χ3n) is 3.85. The van der Waals surface area contributed by atoms with Gasteiger partial charge < -0.3 is 10.5 Å². The van der Waals surface area contributed by atoms with E-state index < -0.39 is 0 Å². The summed E-state index contributed by atoms with van der Waals surface area (Å²) < 4.78 is 5.47. The zero-order valence-electron chi connectivity index (χ0n) is 10.6. The van der Waals surface area contributed by atoms with Gasteiger partial charge in [0.05, 0.1) is 7.11 Å². The Morgan fingerprint density at radius 2 is 1.94 bits per heavy atom. The summed E-state index contributed by atoms with van der Waals surface area (Å²) in [4.78, 5) is 0. The Balaban J connectivity index is 2.51. The second-order valence-electron chi connectivity index (χ2n) is 5.51. The van der Waals surface area contributed by atoms with Gasteiger partial charge in [0, 0.05) is 16.5 Å². The van der Waals surface area contributed by atoms with Crippen LogP contribution in [0, 0.1) is 6.92 Å². The lowest BCUT2D eigenvalue weighted by molar-refractivity contribution is 0.359. The van der Waals surface area contributed by atoms with Crippen molar-refractivity contribution in [3.8, 4) is 5.75 Å². The molecule has 0 unspecified atom stereocenters. The van der Waals surface area contributed by atoms with E-state index in [0.29, 0.717) is 0 Å². The number of benzene rings is 1. The summed E-state index contributed by atoms with van der Waals surface area (Å²) in [5, 5.41) is 0. The molecule has 1 aromatic carbocycles. The molecule has 16 heavy (non-hydrogen) atoms. The lowest BCUT2D eigenvalue weighted by atomic mass is 9.78. The summed E-state index contributed by atoms with van der Waals surface area (Å²) in [7, 11) is 1.73. The van der Waals surface area contributed by atoms with E-state index in [1.807, 2.05) is 0 Å². The molecule has 1 aromatic rings. The molecule has 0 radical (unpaired) electrons. The monoisotopic (exact) mass is 219 g/mol. The maximum absolute atomic E-state index is 6.33. The molecule has 0 bridgehead atoms. The molecule has 0 saturated heterocycles. The van der Waals surface area contributed by atoms with Gasteiger partial charge in [-0.05, 0) is 39.7 Å². The van der Waals surface area contributed by atoms with E-state index in [0.717, 1.165) is 18.6 Å². The number of ether oxygens (including phenoxy) is 1. The van der Waals surface area contributed by atoms with Crippen molar-refractivity contribution in [1.82, 2.24) is 0 Å². The molecular weight excluding hydrogens is 198 g/mol. The molecule has 1 aliphatic carbocycles. The Labute approximate surface area is 97.8 Å². The average Bonchev–Trinajstić information content (AvgIpc) is 2.97. The van der Waals surface area contributed by atoms with Gasteiger partial charge in [0.1, 0.15) is 5.75 Å². The zero-order chi connectivity index (χ0) is 12.0. The van der Waals surface area contributed by atoms with E-state index >= 15 is 0 Å². The van der Waals surface area contributed by atoms with Crippen LogP contribution in [-0.2, 0) is 5.41 Å². The molecule has 0 amide bonds. The average molecular weight is 219 g/mol. The van der Waals surface area contributed by atoms with E-state index in [-0.39, 0.29) is 11.0 Å². The minimum absolute atomic E-state index is 0.115. The van der Waals surface area contributed by atoms with Crippen LogP contribution >= 0.6 is 0 Å². The van der Waals surface area contributed by atoms with Crippen LogP contribution in [0.2, 0.25) is 0 Å². The Morgan fingerprint density at radius 1 is 1.31 bits per heavy atom. The first-order valence-electron chi connectivity index (χ1n) is 5.85. The molecule has 0 heterocycles. The van der Waals surface area contributed by atoms with E-state index in [2.05, 4.69) is 39.0 Å². The molecule has 0 atom stereocenters. The predicted octanol–water partition coefficient (Wildman–Crippen LogP) is 2.77. The van der Waals surface area contributed by atoms with Crippen molar-refractivity contribution in [3.05, 3.63) is 29.3 Å². The van der Waals surface area contributed by atoms with Crippen molar-refractivity contribution < 1.29 is 4.74 Å². The van der Waals surface area contributed by atoms with Crippen LogP contribution in [-0.4, -0.2) is 12.6 Å². The van der Waals surface area contributed by atoms with Crippen LogP contribution in [0.5, 0.6) is 5.75 Å². The van der Waals surface area contributed by atoms with Gasteiger partial charge >= 0.3 is 0 Å². The SMILES string of the molecule is COc1ccc(C)cc1C1(C(C)(C)N)CC1. The van der Waals surface area contributed by atoms with Crippen LogP contribution in [0.3, 0.4) is 0 Å². The summed E-state index contributed by atoms with van der Waals surface area (Å²) in [6.07, 6.45) is 2.33. The van der Waals surface area contributed by atoms with Gasteiger partial charge in [0.25, 0.3) is 0 Å². The topological polar surface area (TPSA) is 35.2 Å². The Kier molecular flexibility index (Phi) is 2.50. The van der Waals surface area contributed by atoms with Gasteiger partial charge in [0.15, 0.2) is 0 Å². The van der Waals surface area contributed by atoms with Crippen LogP contribution in [0.4, 0.5) is 0 Å². The lowest BCUT2D eigenvalue weighted by Gasteiger charge is -2.32. The first-order valence-corrected chi connectivity index (χ1v) is 5.85. The quantitative estimate of drug-likeness (QED) is 0.848. The van der Waals surface area contributed by atoms with Crippen LogP contribution in [0.25, 0.3) is 0 Å². The highest BCUT2D eigenvalue weighted by molar-refractivity contribution is 5.48. The van der Waals surface area contributed by atoms with E-state index in [1.165, 1.54) is 11.1 Å². The molecule has 88 valence electrons. The summed E-state index contributed by atoms with van der Waals surface area (Å²) in [5.41, 5.74) is 8.80. The molecular formula is C14H21NO. The first-order chi connectivity index (χ1) is 7.40. The van der Waals surface area contributed by atoms with E-state index in [9.17, 15) is 0 Å². The first kappa shape index (κ1) is 11.5. The number of methoxy groups -OCH3 is 1. The molecule has 1 saturated carbocycles. The number of rotatable bonds is 3. The second kappa shape index (κ2) is 3.49. The molecule has 2 N–H and O–H groups in total. The predicted molar refractivity (Wildman–Crippen MR) is 66.9 cm³/mol. The molecule has 2 rings (SSSR count). The molecule has 0 aliphatic heterocycles. The van der Waals surface area contributed by atoms with Gasteiger partial charge in [-0.2, -0.15) is 0 Å². The minimum Gasteiger partial charge on any atom is -0.496 e. The third-order valence-corrected chi connectivity index (χ3v) is 3.85. The van der Waals surface area contributed by atoms with Crippen LogP contribution in [0.1, 0.15) is 37.8 Å². The zero-order valence-corrected chi connectivity index (χ0v) is 10.6. The minimum atomic E-state index is -0.186. The Hall–Kier alpha value is -1.02. The number of nitrogens with two attached hydrogens (primary N) is 1. The van der Waals surface area contributed by atoms with Crippen molar-refractivity contribution in [2.45, 2.75) is 44.6 Å². The van der Waals surface area contributed by atoms with Crippen molar-refractivity contribution in [2.75, 3.05) is 7.11 Å². The maximum atomic E-state index is 6.33. The molecule has 2 heteroatoms. The van der Waals surface area contributed by atoms with E-state index in [1.54, 1.807) is 7.11 Å². The summed E-state index contributed by atoms with van der Waals surface area (Å²) in [6, 6.07) is 6.36. The normalized spacial score (nSPS) is 18.3. The highest BCUT2D eigenvalue weighted by atomic mass is 16.5. The fourth-order valence-corrected chi connectivity index (χ4v) is 2.58. The Morgan fingerprint density at radius 3 is 2.38 bits per heavy atom. The van der Waals surface area contributed by atoms with Gasteiger partial charge in [-0.25, -0.2) is 0 Å². The molecule has 0 spiro atoms. The molecule has 2 nitrogen and oxygen atoms in total. The van der Waals surface area contributed by atoms with Crippen molar-refractivity contribution in [3.63, 3.8) is 0 Å². The van der Waals surface area contributed by atoms with Crippen LogP contribution < -0.4 is 10.5 Å². The highest BCUT2D eigenvalue weighted by Gasteiger charge is 2.55.